The number of amidine groups is 1. The van der Waals surface area contributed by atoms with Gasteiger partial charge in [0.15, 0.2) is 5.84 Å². The van der Waals surface area contributed by atoms with Crippen LogP contribution in [0.15, 0.2) is 64.8 Å². The van der Waals surface area contributed by atoms with Crippen molar-refractivity contribution in [2.24, 2.45) is 5.10 Å². The first-order chi connectivity index (χ1) is 14.4. The van der Waals surface area contributed by atoms with E-state index in [1.165, 1.54) is 16.3 Å². The number of aliphatic hydroxyl groups excluding tert-OH is 1. The molecule has 0 amide bonds. The van der Waals surface area contributed by atoms with Crippen LogP contribution in [0, 0.1) is 5.41 Å². The zero-order chi connectivity index (χ0) is 21.3. The fourth-order valence-corrected chi connectivity index (χ4v) is 4.05. The van der Waals surface area contributed by atoms with E-state index in [1.807, 2.05) is 72.9 Å². The minimum Gasteiger partial charge on any atom is -0.509 e. The zero-order valence-electron chi connectivity index (χ0n) is 16.5. The fourth-order valence-electron chi connectivity index (χ4n) is 3.03. The first-order valence-corrected chi connectivity index (χ1v) is 10.5. The molecule has 2 aromatic carbocycles. The van der Waals surface area contributed by atoms with E-state index < -0.39 is 0 Å². The molecule has 6 nitrogen and oxygen atoms in total. The van der Waals surface area contributed by atoms with E-state index in [-0.39, 0.29) is 18.1 Å². The second-order valence-electron chi connectivity index (χ2n) is 7.00. The molecule has 0 bridgehead atoms. The Kier molecular flexibility index (Phi) is 5.57. The fraction of sp³-hybridized carbons (Fsp3) is 0.136. The second-order valence-corrected chi connectivity index (χ2v) is 8.30. The number of anilines is 1. The SMILES string of the molecule is CN(C)c1ccc(/C=N/N2CC(O)=C(c3nc(-c4ccc(Cl)cc4)cs3)C2=N)cc1. The van der Waals surface area contributed by atoms with Crippen molar-refractivity contribution < 1.29 is 5.11 Å². The molecular weight excluding hydrogens is 418 g/mol. The second kappa shape index (κ2) is 8.30. The van der Waals surface area contributed by atoms with Crippen LogP contribution in [0.5, 0.6) is 0 Å². The number of thiazole rings is 1. The van der Waals surface area contributed by atoms with Crippen LogP contribution >= 0.6 is 22.9 Å². The minimum atomic E-state index is 0.0945. The van der Waals surface area contributed by atoms with Crippen LogP contribution < -0.4 is 4.90 Å². The lowest BCUT2D eigenvalue weighted by Crippen LogP contribution is -2.20. The van der Waals surface area contributed by atoms with Gasteiger partial charge in [0, 0.05) is 35.7 Å². The van der Waals surface area contributed by atoms with Crippen LogP contribution in [-0.4, -0.2) is 47.8 Å². The molecule has 0 saturated heterocycles. The summed E-state index contributed by atoms with van der Waals surface area (Å²) in [5.74, 6) is 0.225. The van der Waals surface area contributed by atoms with Gasteiger partial charge in [-0.2, -0.15) is 5.10 Å². The maximum atomic E-state index is 10.5. The molecule has 1 aliphatic heterocycles. The Hall–Kier alpha value is -3.16. The van der Waals surface area contributed by atoms with Gasteiger partial charge in [0.1, 0.15) is 17.3 Å². The van der Waals surface area contributed by atoms with E-state index in [4.69, 9.17) is 17.0 Å². The Balaban J connectivity index is 1.50. The summed E-state index contributed by atoms with van der Waals surface area (Å²) in [7, 11) is 3.98. The number of hydrogen-bond donors (Lipinski definition) is 2. The van der Waals surface area contributed by atoms with E-state index in [1.54, 1.807) is 6.21 Å². The van der Waals surface area contributed by atoms with Crippen LogP contribution in [-0.2, 0) is 0 Å². The number of rotatable bonds is 5. The molecule has 2 N–H and O–H groups in total. The smallest absolute Gasteiger partial charge is 0.155 e. The lowest BCUT2D eigenvalue weighted by atomic mass is 10.2. The van der Waals surface area contributed by atoms with Crippen molar-refractivity contribution in [1.29, 1.82) is 5.41 Å². The molecule has 152 valence electrons. The van der Waals surface area contributed by atoms with Crippen LogP contribution in [0.25, 0.3) is 16.8 Å². The topological polar surface area (TPSA) is 75.8 Å². The van der Waals surface area contributed by atoms with Gasteiger partial charge in [-0.3, -0.25) is 5.41 Å². The third kappa shape index (κ3) is 4.08. The minimum absolute atomic E-state index is 0.0945. The van der Waals surface area contributed by atoms with Gasteiger partial charge >= 0.3 is 0 Å². The summed E-state index contributed by atoms with van der Waals surface area (Å²) in [4.78, 5) is 6.63. The molecule has 0 saturated carbocycles. The van der Waals surface area contributed by atoms with E-state index in [0.29, 0.717) is 15.6 Å². The predicted molar refractivity (Wildman–Crippen MR) is 125 cm³/mol. The van der Waals surface area contributed by atoms with Gasteiger partial charge in [-0.05, 0) is 29.8 Å². The molecule has 0 radical (unpaired) electrons. The zero-order valence-corrected chi connectivity index (χ0v) is 18.1. The van der Waals surface area contributed by atoms with E-state index in [2.05, 4.69) is 10.1 Å². The lowest BCUT2D eigenvalue weighted by Gasteiger charge is -2.13. The van der Waals surface area contributed by atoms with Crippen molar-refractivity contribution in [2.45, 2.75) is 0 Å². The Bertz CT molecular complexity index is 1130. The molecule has 1 aromatic heterocycles. The molecular formula is C22H20ClN5OS. The molecule has 2 heterocycles. The standard InChI is InChI=1S/C22H20ClN5OS/c1-27(2)17-9-3-14(4-10-17)11-25-28-12-19(29)20(21(28)24)22-26-18(13-30-22)15-5-7-16(23)8-6-15/h3-11,13,24,29H,12H2,1-2H3/b24-21?,25-11+. The monoisotopic (exact) mass is 437 g/mol. The van der Waals surface area contributed by atoms with Gasteiger partial charge in [-0.25, -0.2) is 9.99 Å². The third-order valence-corrected chi connectivity index (χ3v) is 5.81. The quantitative estimate of drug-likeness (QED) is 0.543. The van der Waals surface area contributed by atoms with Crippen LogP contribution in [0.3, 0.4) is 0 Å². The van der Waals surface area contributed by atoms with E-state index in [0.717, 1.165) is 22.5 Å². The predicted octanol–water partition coefficient (Wildman–Crippen LogP) is 5.13. The summed E-state index contributed by atoms with van der Waals surface area (Å²) in [6, 6.07) is 15.4. The number of aliphatic hydroxyl groups is 1. The summed E-state index contributed by atoms with van der Waals surface area (Å²) < 4.78 is 0. The van der Waals surface area contributed by atoms with Crippen molar-refractivity contribution in [2.75, 3.05) is 25.5 Å². The first kappa shape index (κ1) is 20.1. The van der Waals surface area contributed by atoms with Crippen LogP contribution in [0.2, 0.25) is 5.02 Å². The van der Waals surface area contributed by atoms with Gasteiger partial charge in [-0.15, -0.1) is 11.3 Å². The van der Waals surface area contributed by atoms with Crippen molar-refractivity contribution in [3.05, 3.63) is 75.3 Å². The molecule has 30 heavy (non-hydrogen) atoms. The molecule has 0 atom stereocenters. The highest BCUT2D eigenvalue weighted by atomic mass is 35.5. The van der Waals surface area contributed by atoms with Crippen molar-refractivity contribution >= 4 is 46.2 Å². The highest BCUT2D eigenvalue weighted by Gasteiger charge is 2.30. The number of halogens is 1. The van der Waals surface area contributed by atoms with Gasteiger partial charge in [0.05, 0.1) is 17.5 Å². The number of aromatic nitrogens is 1. The number of nitrogens with one attached hydrogen (secondary N) is 1. The lowest BCUT2D eigenvalue weighted by molar-refractivity contribution is 0.358. The number of hydrogen-bond acceptors (Lipinski definition) is 6. The van der Waals surface area contributed by atoms with Crippen LogP contribution in [0.1, 0.15) is 10.6 Å². The summed E-state index contributed by atoms with van der Waals surface area (Å²) in [6.45, 7) is 0.149. The summed E-state index contributed by atoms with van der Waals surface area (Å²) in [6.07, 6.45) is 1.69. The van der Waals surface area contributed by atoms with Gasteiger partial charge in [0.25, 0.3) is 0 Å². The molecule has 0 spiro atoms. The highest BCUT2D eigenvalue weighted by molar-refractivity contribution is 7.11. The maximum Gasteiger partial charge on any atom is 0.155 e. The third-order valence-electron chi connectivity index (χ3n) is 4.70. The molecule has 1 aliphatic rings. The van der Waals surface area contributed by atoms with E-state index >= 15 is 0 Å². The number of benzene rings is 2. The average Bonchev–Trinajstić information content (AvgIpc) is 3.31. The average molecular weight is 438 g/mol. The van der Waals surface area contributed by atoms with Gasteiger partial charge in [-0.1, -0.05) is 35.9 Å². The van der Waals surface area contributed by atoms with Crippen molar-refractivity contribution in [3.63, 3.8) is 0 Å². The van der Waals surface area contributed by atoms with Crippen LogP contribution in [0.4, 0.5) is 5.69 Å². The van der Waals surface area contributed by atoms with Gasteiger partial charge in [0.2, 0.25) is 0 Å². The molecule has 4 rings (SSSR count). The van der Waals surface area contributed by atoms with Gasteiger partial charge < -0.3 is 10.0 Å². The maximum absolute atomic E-state index is 10.5. The Morgan fingerprint density at radius 1 is 1.17 bits per heavy atom. The number of hydrazone groups is 1. The molecule has 0 fully saturated rings. The highest BCUT2D eigenvalue weighted by Crippen LogP contribution is 2.32. The summed E-state index contributed by atoms with van der Waals surface area (Å²) >= 11 is 7.34. The molecule has 3 aromatic rings. The Morgan fingerprint density at radius 2 is 1.87 bits per heavy atom. The Labute approximate surface area is 183 Å². The van der Waals surface area contributed by atoms with Crippen molar-refractivity contribution in [1.82, 2.24) is 9.99 Å². The summed E-state index contributed by atoms with van der Waals surface area (Å²) in [5.41, 5.74) is 4.15. The normalized spacial score (nSPS) is 14.2. The Morgan fingerprint density at radius 3 is 2.53 bits per heavy atom. The largest absolute Gasteiger partial charge is 0.509 e. The molecule has 8 heteroatoms. The first-order valence-electron chi connectivity index (χ1n) is 9.24. The molecule has 0 unspecified atom stereocenters. The van der Waals surface area contributed by atoms with Crippen molar-refractivity contribution in [3.8, 4) is 11.3 Å². The summed E-state index contributed by atoms with van der Waals surface area (Å²) in [5, 5.41) is 27.9. The molecule has 0 aliphatic carbocycles. The van der Waals surface area contributed by atoms with E-state index in [9.17, 15) is 5.11 Å². The number of nitrogens with zero attached hydrogens (tertiary/aromatic N) is 4.